The largest absolute Gasteiger partial charge is 0.465 e. The standard InChI is InChI=1S/C19H25NO3/c1-4-14-11-17(8-9-20)22-19(12-14)23-18-7-6-15(13-21-3)10-16(18)5-2/h4,6-7,10,14,17,19H,1,5,8,11-13H2,2-3H3. The Labute approximate surface area is 138 Å². The third-order valence-corrected chi connectivity index (χ3v) is 4.13. The second kappa shape index (κ2) is 8.71. The summed E-state index contributed by atoms with van der Waals surface area (Å²) >= 11 is 0. The molecule has 23 heavy (non-hydrogen) atoms. The predicted octanol–water partition coefficient (Wildman–Crippen LogP) is 4.00. The minimum absolute atomic E-state index is 0.0837. The van der Waals surface area contributed by atoms with Gasteiger partial charge in [0.15, 0.2) is 0 Å². The van der Waals surface area contributed by atoms with E-state index < -0.39 is 0 Å². The Hall–Kier alpha value is -1.83. The lowest BCUT2D eigenvalue weighted by Gasteiger charge is -2.33. The first-order valence-electron chi connectivity index (χ1n) is 8.12. The van der Waals surface area contributed by atoms with E-state index in [9.17, 15) is 0 Å². The molecule has 1 aliphatic rings. The van der Waals surface area contributed by atoms with E-state index in [0.29, 0.717) is 18.9 Å². The molecule has 1 aromatic rings. The number of nitriles is 1. The maximum absolute atomic E-state index is 8.91. The number of benzene rings is 1. The van der Waals surface area contributed by atoms with Crippen LogP contribution in [0.4, 0.5) is 0 Å². The number of ether oxygens (including phenoxy) is 3. The van der Waals surface area contributed by atoms with E-state index in [2.05, 4.69) is 25.6 Å². The molecule has 1 fully saturated rings. The van der Waals surface area contributed by atoms with E-state index in [1.165, 1.54) is 0 Å². The fraction of sp³-hybridized carbons (Fsp3) is 0.526. The van der Waals surface area contributed by atoms with E-state index in [-0.39, 0.29) is 12.4 Å². The Kier molecular flexibility index (Phi) is 6.64. The van der Waals surface area contributed by atoms with Crippen molar-refractivity contribution in [3.63, 3.8) is 0 Å². The van der Waals surface area contributed by atoms with Gasteiger partial charge in [0, 0.05) is 13.5 Å². The van der Waals surface area contributed by atoms with Gasteiger partial charge in [0.25, 0.3) is 0 Å². The van der Waals surface area contributed by atoms with Crippen molar-refractivity contribution >= 4 is 0 Å². The summed E-state index contributed by atoms with van der Waals surface area (Å²) in [6.45, 7) is 6.57. The molecule has 124 valence electrons. The monoisotopic (exact) mass is 315 g/mol. The molecule has 2 rings (SSSR count). The van der Waals surface area contributed by atoms with Gasteiger partial charge in [-0.05, 0) is 42.0 Å². The van der Waals surface area contributed by atoms with E-state index >= 15 is 0 Å². The average Bonchev–Trinajstić information content (AvgIpc) is 2.56. The Balaban J connectivity index is 2.10. The van der Waals surface area contributed by atoms with Crippen molar-refractivity contribution in [2.45, 2.75) is 51.6 Å². The van der Waals surface area contributed by atoms with Gasteiger partial charge in [-0.25, -0.2) is 0 Å². The highest BCUT2D eigenvalue weighted by atomic mass is 16.7. The van der Waals surface area contributed by atoms with Gasteiger partial charge in [-0.15, -0.1) is 6.58 Å². The van der Waals surface area contributed by atoms with Crippen LogP contribution in [0.2, 0.25) is 0 Å². The zero-order chi connectivity index (χ0) is 16.7. The Morgan fingerprint density at radius 1 is 1.43 bits per heavy atom. The molecule has 0 bridgehead atoms. The van der Waals surface area contributed by atoms with Crippen LogP contribution in [0, 0.1) is 17.2 Å². The molecule has 1 saturated heterocycles. The molecule has 0 spiro atoms. The molecule has 4 nitrogen and oxygen atoms in total. The molecule has 0 radical (unpaired) electrons. The van der Waals surface area contributed by atoms with Crippen molar-refractivity contribution in [3.8, 4) is 11.8 Å². The van der Waals surface area contributed by atoms with Crippen molar-refractivity contribution < 1.29 is 14.2 Å². The predicted molar refractivity (Wildman–Crippen MR) is 89.0 cm³/mol. The minimum Gasteiger partial charge on any atom is -0.465 e. The zero-order valence-electron chi connectivity index (χ0n) is 14.0. The third-order valence-electron chi connectivity index (χ3n) is 4.13. The molecule has 3 atom stereocenters. The van der Waals surface area contributed by atoms with Gasteiger partial charge >= 0.3 is 0 Å². The molecule has 1 aromatic carbocycles. The number of hydrogen-bond donors (Lipinski definition) is 0. The topological polar surface area (TPSA) is 51.5 Å². The van der Waals surface area contributed by atoms with Crippen LogP contribution in [0.5, 0.6) is 5.75 Å². The minimum atomic E-state index is -0.330. The van der Waals surface area contributed by atoms with Gasteiger partial charge in [0.2, 0.25) is 6.29 Å². The maximum Gasteiger partial charge on any atom is 0.200 e. The van der Waals surface area contributed by atoms with Crippen molar-refractivity contribution in [2.75, 3.05) is 7.11 Å². The summed E-state index contributed by atoms with van der Waals surface area (Å²) in [5.41, 5.74) is 2.27. The lowest BCUT2D eigenvalue weighted by molar-refractivity contribution is -0.155. The summed E-state index contributed by atoms with van der Waals surface area (Å²) in [6, 6.07) is 8.28. The van der Waals surface area contributed by atoms with Crippen LogP contribution in [-0.2, 0) is 22.5 Å². The van der Waals surface area contributed by atoms with Crippen LogP contribution in [0.1, 0.15) is 37.3 Å². The number of methoxy groups -OCH3 is 1. The van der Waals surface area contributed by atoms with E-state index in [4.69, 9.17) is 19.5 Å². The lowest BCUT2D eigenvalue weighted by atomic mass is 9.93. The van der Waals surface area contributed by atoms with Crippen LogP contribution in [0.3, 0.4) is 0 Å². The van der Waals surface area contributed by atoms with Crippen molar-refractivity contribution in [3.05, 3.63) is 42.0 Å². The smallest absolute Gasteiger partial charge is 0.200 e. The van der Waals surface area contributed by atoms with Crippen molar-refractivity contribution in [2.24, 2.45) is 5.92 Å². The molecular weight excluding hydrogens is 290 g/mol. The Bertz CT molecular complexity index is 564. The first-order chi connectivity index (χ1) is 11.2. The summed E-state index contributed by atoms with van der Waals surface area (Å²) in [5.74, 6) is 1.17. The third kappa shape index (κ3) is 4.82. The number of hydrogen-bond acceptors (Lipinski definition) is 4. The van der Waals surface area contributed by atoms with Gasteiger partial charge in [0.05, 0.1) is 25.2 Å². The fourth-order valence-corrected chi connectivity index (χ4v) is 2.93. The molecule has 1 aliphatic heterocycles. The van der Waals surface area contributed by atoms with Crippen LogP contribution in [-0.4, -0.2) is 19.5 Å². The molecular formula is C19H25NO3. The van der Waals surface area contributed by atoms with Gasteiger partial charge in [0.1, 0.15) is 5.75 Å². The van der Waals surface area contributed by atoms with Crippen LogP contribution >= 0.6 is 0 Å². The van der Waals surface area contributed by atoms with Crippen LogP contribution in [0.15, 0.2) is 30.9 Å². The molecule has 0 amide bonds. The van der Waals surface area contributed by atoms with E-state index in [1.54, 1.807) is 7.11 Å². The maximum atomic E-state index is 8.91. The molecule has 4 heteroatoms. The van der Waals surface area contributed by atoms with Gasteiger partial charge in [-0.2, -0.15) is 5.26 Å². The van der Waals surface area contributed by atoms with Crippen LogP contribution < -0.4 is 4.74 Å². The second-order valence-corrected chi connectivity index (χ2v) is 5.86. The zero-order valence-corrected chi connectivity index (χ0v) is 14.0. The highest BCUT2D eigenvalue weighted by Gasteiger charge is 2.29. The summed E-state index contributed by atoms with van der Waals surface area (Å²) in [4.78, 5) is 0. The Morgan fingerprint density at radius 3 is 2.91 bits per heavy atom. The highest BCUT2D eigenvalue weighted by molar-refractivity contribution is 5.37. The highest BCUT2D eigenvalue weighted by Crippen LogP contribution is 2.31. The molecule has 3 unspecified atom stereocenters. The number of allylic oxidation sites excluding steroid dienone is 1. The number of rotatable bonds is 7. The quantitative estimate of drug-likeness (QED) is 0.714. The first-order valence-corrected chi connectivity index (χ1v) is 8.12. The van der Waals surface area contributed by atoms with Gasteiger partial charge in [-0.3, -0.25) is 0 Å². The summed E-state index contributed by atoms with van der Waals surface area (Å²) in [7, 11) is 1.69. The SMILES string of the molecule is C=CC1CC(CC#N)OC(Oc2ccc(COC)cc2CC)C1. The summed E-state index contributed by atoms with van der Waals surface area (Å²) < 4.78 is 17.2. The lowest BCUT2D eigenvalue weighted by Crippen LogP contribution is -2.35. The van der Waals surface area contributed by atoms with Gasteiger partial charge < -0.3 is 14.2 Å². The normalized spacial score (nSPS) is 24.0. The van der Waals surface area contributed by atoms with E-state index in [0.717, 1.165) is 36.1 Å². The number of nitrogens with zero attached hydrogens (tertiary/aromatic N) is 1. The van der Waals surface area contributed by atoms with Crippen LogP contribution in [0.25, 0.3) is 0 Å². The Morgan fingerprint density at radius 2 is 2.26 bits per heavy atom. The molecule has 0 aliphatic carbocycles. The first kappa shape index (κ1) is 17.5. The fourth-order valence-electron chi connectivity index (χ4n) is 2.93. The van der Waals surface area contributed by atoms with Gasteiger partial charge in [-0.1, -0.05) is 19.1 Å². The molecule has 0 aromatic heterocycles. The van der Waals surface area contributed by atoms with E-state index in [1.807, 2.05) is 18.2 Å². The van der Waals surface area contributed by atoms with Crippen molar-refractivity contribution in [1.82, 2.24) is 0 Å². The molecule has 0 saturated carbocycles. The molecule has 1 heterocycles. The molecule has 0 N–H and O–H groups in total. The van der Waals surface area contributed by atoms with Crippen molar-refractivity contribution in [1.29, 1.82) is 5.26 Å². The average molecular weight is 315 g/mol. The second-order valence-electron chi connectivity index (χ2n) is 5.86. The summed E-state index contributed by atoms with van der Waals surface area (Å²) in [6.07, 6.45) is 4.40. The number of aryl methyl sites for hydroxylation is 1. The summed E-state index contributed by atoms with van der Waals surface area (Å²) in [5, 5.41) is 8.91.